The van der Waals surface area contributed by atoms with Crippen LogP contribution in [0.2, 0.25) is 25.7 Å². The molecule has 0 fully saturated rings. The first-order valence-corrected chi connectivity index (χ1v) is 6.27. The van der Waals surface area contributed by atoms with Crippen molar-refractivity contribution in [3.63, 3.8) is 0 Å². The minimum atomic E-state index is -0.631. The maximum atomic E-state index is 2.38. The van der Waals surface area contributed by atoms with Crippen LogP contribution in [0.4, 0.5) is 0 Å². The van der Waals surface area contributed by atoms with Gasteiger partial charge in [-0.3, -0.25) is 0 Å². The molecule has 0 unspecified atom stereocenters. The molecule has 0 amide bonds. The number of rotatable bonds is 1. The monoisotopic (exact) mass is 134 g/mol. The Labute approximate surface area is 56.3 Å². The van der Waals surface area contributed by atoms with Gasteiger partial charge in [0.25, 0.3) is 0 Å². The molecular formula is C7H22Si. The summed E-state index contributed by atoms with van der Waals surface area (Å²) in [5.41, 5.74) is 0. The smallest absolute Gasteiger partial charge is 0.0439 e. The van der Waals surface area contributed by atoms with E-state index < -0.39 is 8.07 Å². The second-order valence-electron chi connectivity index (χ2n) is 2.91. The van der Waals surface area contributed by atoms with Crippen LogP contribution in [0.3, 0.4) is 0 Å². The van der Waals surface area contributed by atoms with Crippen LogP contribution in [0.5, 0.6) is 0 Å². The fourth-order valence-corrected chi connectivity index (χ4v) is 0. The molecule has 0 saturated carbocycles. The van der Waals surface area contributed by atoms with Gasteiger partial charge >= 0.3 is 0 Å². The summed E-state index contributed by atoms with van der Waals surface area (Å²) in [6, 6.07) is 1.41. The Morgan fingerprint density at radius 1 is 1.00 bits per heavy atom. The van der Waals surface area contributed by atoms with Crippen molar-refractivity contribution in [2.24, 2.45) is 0 Å². The molecule has 0 nitrogen and oxygen atoms in total. The molecule has 0 aliphatic rings. The Kier molecular flexibility index (Phi) is 10.5. The van der Waals surface area contributed by atoms with E-state index in [1.807, 2.05) is 0 Å². The van der Waals surface area contributed by atoms with Crippen molar-refractivity contribution in [2.75, 3.05) is 0 Å². The second-order valence-corrected chi connectivity index (χ2v) is 8.74. The molecule has 1 heteroatoms. The Morgan fingerprint density at radius 2 is 1.12 bits per heavy atom. The third-order valence-electron chi connectivity index (χ3n) is 1.06. The van der Waals surface area contributed by atoms with Gasteiger partial charge in [-0.25, -0.2) is 0 Å². The van der Waals surface area contributed by atoms with E-state index in [-0.39, 0.29) is 14.9 Å². The average Bonchev–Trinajstić information content (AvgIpc) is 1.35. The predicted octanol–water partition coefficient (Wildman–Crippen LogP) is 3.62. The normalized spacial score (nSPS) is 9.00. The van der Waals surface area contributed by atoms with Gasteiger partial charge in [0.1, 0.15) is 0 Å². The highest BCUT2D eigenvalue weighted by atomic mass is 28.3. The molecular weight excluding hydrogens is 112 g/mol. The first-order chi connectivity index (χ1) is 2.56. The van der Waals surface area contributed by atoms with Gasteiger partial charge in [-0.1, -0.05) is 47.5 Å². The van der Waals surface area contributed by atoms with Crippen molar-refractivity contribution in [3.05, 3.63) is 0 Å². The average molecular weight is 134 g/mol. The molecule has 0 aromatic heterocycles. The summed E-state index contributed by atoms with van der Waals surface area (Å²) in [7, 11) is -0.631. The van der Waals surface area contributed by atoms with E-state index in [9.17, 15) is 0 Å². The van der Waals surface area contributed by atoms with Crippen molar-refractivity contribution in [1.29, 1.82) is 0 Å². The highest BCUT2D eigenvalue weighted by molar-refractivity contribution is 6.75. The molecule has 0 aromatic carbocycles. The molecule has 0 heterocycles. The van der Waals surface area contributed by atoms with E-state index in [1.54, 1.807) is 0 Å². The Morgan fingerprint density at radius 3 is 1.12 bits per heavy atom. The van der Waals surface area contributed by atoms with Crippen LogP contribution in [-0.4, -0.2) is 8.07 Å². The third kappa shape index (κ3) is 16.4. The maximum absolute atomic E-state index is 2.38. The summed E-state index contributed by atoms with van der Waals surface area (Å²) < 4.78 is 0. The SMILES string of the molecule is C.C.CC[Si](C)(C)C. The minimum Gasteiger partial charge on any atom is -0.0776 e. The molecule has 0 aliphatic carbocycles. The molecule has 0 aromatic rings. The van der Waals surface area contributed by atoms with Crippen LogP contribution < -0.4 is 0 Å². The van der Waals surface area contributed by atoms with Gasteiger partial charge in [0.15, 0.2) is 0 Å². The standard InChI is InChI=1S/C5H14Si.2CH4/c1-5-6(2,3)4;;/h5H2,1-4H3;2*1H4. The van der Waals surface area contributed by atoms with Crippen molar-refractivity contribution < 1.29 is 0 Å². The molecule has 0 aliphatic heterocycles. The summed E-state index contributed by atoms with van der Waals surface area (Å²) in [6.07, 6.45) is 0. The lowest BCUT2D eigenvalue weighted by molar-refractivity contribution is 1.36. The fraction of sp³-hybridized carbons (Fsp3) is 1.00. The molecule has 8 heavy (non-hydrogen) atoms. The predicted molar refractivity (Wildman–Crippen MR) is 47.3 cm³/mol. The highest BCUT2D eigenvalue weighted by Crippen LogP contribution is 2.04. The van der Waals surface area contributed by atoms with E-state index in [2.05, 4.69) is 26.6 Å². The van der Waals surface area contributed by atoms with E-state index in [0.717, 1.165) is 0 Å². The molecule has 0 radical (unpaired) electrons. The van der Waals surface area contributed by atoms with Gasteiger partial charge in [-0.15, -0.1) is 0 Å². The maximum Gasteiger partial charge on any atom is 0.0439 e. The first kappa shape index (κ1) is 15.7. The van der Waals surface area contributed by atoms with Crippen LogP contribution in [0.25, 0.3) is 0 Å². The van der Waals surface area contributed by atoms with Crippen LogP contribution in [0.1, 0.15) is 21.8 Å². The van der Waals surface area contributed by atoms with Gasteiger partial charge < -0.3 is 0 Å². The lowest BCUT2D eigenvalue weighted by atomic mass is 11.0. The molecule has 0 rings (SSSR count). The lowest BCUT2D eigenvalue weighted by Gasteiger charge is -2.09. The molecule has 0 N–H and O–H groups in total. The third-order valence-corrected chi connectivity index (χ3v) is 3.18. The summed E-state index contributed by atoms with van der Waals surface area (Å²) in [5.74, 6) is 0. The Balaban J connectivity index is -0.000000125. The van der Waals surface area contributed by atoms with Gasteiger partial charge in [0, 0.05) is 8.07 Å². The van der Waals surface area contributed by atoms with Gasteiger partial charge in [-0.05, 0) is 0 Å². The molecule has 54 valence electrons. The second kappa shape index (κ2) is 5.36. The van der Waals surface area contributed by atoms with Crippen LogP contribution in [0, 0.1) is 0 Å². The van der Waals surface area contributed by atoms with Crippen molar-refractivity contribution in [1.82, 2.24) is 0 Å². The quantitative estimate of drug-likeness (QED) is 0.481. The highest BCUT2D eigenvalue weighted by Gasteiger charge is 2.06. The summed E-state index contributed by atoms with van der Waals surface area (Å²) in [4.78, 5) is 0. The lowest BCUT2D eigenvalue weighted by Crippen LogP contribution is -2.16. The molecule has 0 atom stereocenters. The molecule has 0 spiro atoms. The molecule has 0 saturated heterocycles. The van der Waals surface area contributed by atoms with Crippen molar-refractivity contribution in [2.45, 2.75) is 47.5 Å². The topological polar surface area (TPSA) is 0 Å². The number of hydrogen-bond acceptors (Lipinski definition) is 0. The van der Waals surface area contributed by atoms with Gasteiger partial charge in [0.2, 0.25) is 0 Å². The van der Waals surface area contributed by atoms with Gasteiger partial charge in [-0.2, -0.15) is 0 Å². The zero-order valence-electron chi connectivity index (χ0n) is 5.21. The Bertz CT molecular complexity index is 34.1. The summed E-state index contributed by atoms with van der Waals surface area (Å²) in [5, 5.41) is 0. The van der Waals surface area contributed by atoms with E-state index >= 15 is 0 Å². The van der Waals surface area contributed by atoms with Crippen molar-refractivity contribution >= 4 is 8.07 Å². The zero-order chi connectivity index (χ0) is 5.21. The van der Waals surface area contributed by atoms with Crippen LogP contribution in [0.15, 0.2) is 0 Å². The summed E-state index contributed by atoms with van der Waals surface area (Å²) in [6.45, 7) is 9.42. The van der Waals surface area contributed by atoms with Crippen molar-refractivity contribution in [3.8, 4) is 0 Å². The van der Waals surface area contributed by atoms with Gasteiger partial charge in [0.05, 0.1) is 0 Å². The minimum absolute atomic E-state index is 0. The van der Waals surface area contributed by atoms with Crippen LogP contribution in [-0.2, 0) is 0 Å². The van der Waals surface area contributed by atoms with E-state index in [1.165, 1.54) is 6.04 Å². The van der Waals surface area contributed by atoms with E-state index in [0.29, 0.717) is 0 Å². The van der Waals surface area contributed by atoms with E-state index in [4.69, 9.17) is 0 Å². The molecule has 0 bridgehead atoms. The fourth-order valence-electron chi connectivity index (χ4n) is 0. The van der Waals surface area contributed by atoms with Crippen LogP contribution >= 0.6 is 0 Å². The largest absolute Gasteiger partial charge is 0.0776 e. The number of hydrogen-bond donors (Lipinski definition) is 0. The first-order valence-electron chi connectivity index (χ1n) is 2.56. The summed E-state index contributed by atoms with van der Waals surface area (Å²) >= 11 is 0. The zero-order valence-corrected chi connectivity index (χ0v) is 6.21. The Hall–Kier alpha value is 0.217.